The van der Waals surface area contributed by atoms with Crippen LogP contribution in [0.1, 0.15) is 15.9 Å². The van der Waals surface area contributed by atoms with Crippen LogP contribution in [0.15, 0.2) is 18.2 Å². The van der Waals surface area contributed by atoms with Crippen molar-refractivity contribution < 1.29 is 23.2 Å². The third-order valence-corrected chi connectivity index (χ3v) is 2.68. The van der Waals surface area contributed by atoms with Crippen molar-refractivity contribution >= 4 is 22.4 Å². The Kier molecular flexibility index (Phi) is 4.16. The first kappa shape index (κ1) is 13.1. The SMILES string of the molecule is O=C(O)c1ccc(CC[SH](=O)=O)c([N+](=O)[O-])c1. The molecule has 0 fully saturated rings. The van der Waals surface area contributed by atoms with Crippen LogP contribution in [0.25, 0.3) is 0 Å². The van der Waals surface area contributed by atoms with Crippen molar-refractivity contribution in [3.05, 3.63) is 39.4 Å². The van der Waals surface area contributed by atoms with Crippen molar-refractivity contribution in [2.45, 2.75) is 6.42 Å². The summed E-state index contributed by atoms with van der Waals surface area (Å²) in [7, 11) is -2.61. The minimum Gasteiger partial charge on any atom is -0.478 e. The van der Waals surface area contributed by atoms with Crippen LogP contribution in [-0.4, -0.2) is 30.2 Å². The van der Waals surface area contributed by atoms with E-state index in [-0.39, 0.29) is 29.0 Å². The summed E-state index contributed by atoms with van der Waals surface area (Å²) in [5, 5.41) is 19.4. The topological polar surface area (TPSA) is 115 Å². The number of hydrogen-bond acceptors (Lipinski definition) is 5. The first-order valence-corrected chi connectivity index (χ1v) is 5.90. The van der Waals surface area contributed by atoms with Crippen molar-refractivity contribution in [1.29, 1.82) is 0 Å². The summed E-state index contributed by atoms with van der Waals surface area (Å²) in [5.41, 5.74) is -0.368. The number of carboxylic acid groups (broad SMARTS) is 1. The molecule has 0 aliphatic rings. The van der Waals surface area contributed by atoms with Crippen LogP contribution in [0.2, 0.25) is 0 Å². The monoisotopic (exact) mass is 259 g/mol. The van der Waals surface area contributed by atoms with E-state index < -0.39 is 21.6 Å². The Morgan fingerprint density at radius 3 is 2.53 bits per heavy atom. The molecule has 17 heavy (non-hydrogen) atoms. The highest BCUT2D eigenvalue weighted by atomic mass is 32.2. The van der Waals surface area contributed by atoms with Gasteiger partial charge in [0.15, 0.2) is 0 Å². The van der Waals surface area contributed by atoms with E-state index in [9.17, 15) is 23.3 Å². The summed E-state index contributed by atoms with van der Waals surface area (Å²) < 4.78 is 20.8. The second kappa shape index (κ2) is 5.39. The van der Waals surface area contributed by atoms with Crippen LogP contribution in [0.4, 0.5) is 5.69 Å². The molecule has 8 heteroatoms. The zero-order valence-electron chi connectivity index (χ0n) is 8.53. The smallest absolute Gasteiger partial charge is 0.335 e. The maximum Gasteiger partial charge on any atom is 0.335 e. The molecule has 92 valence electrons. The summed E-state index contributed by atoms with van der Waals surface area (Å²) in [5.74, 6) is -1.47. The van der Waals surface area contributed by atoms with Gasteiger partial charge in [0, 0.05) is 11.6 Å². The molecular weight excluding hydrogens is 250 g/mol. The number of nitrogens with zero attached hydrogens (tertiary/aromatic N) is 1. The number of carbonyl (C=O) groups is 1. The fraction of sp³-hybridized carbons (Fsp3) is 0.222. The number of nitro groups is 1. The quantitative estimate of drug-likeness (QED) is 0.450. The molecule has 0 bridgehead atoms. The average molecular weight is 259 g/mol. The Balaban J connectivity index is 3.12. The van der Waals surface area contributed by atoms with Gasteiger partial charge in [-0.2, -0.15) is 0 Å². The zero-order valence-corrected chi connectivity index (χ0v) is 9.42. The Labute approximate surface area is 97.8 Å². The highest BCUT2D eigenvalue weighted by Gasteiger charge is 2.16. The number of benzene rings is 1. The third-order valence-electron chi connectivity index (χ3n) is 2.09. The molecule has 1 aromatic carbocycles. The van der Waals surface area contributed by atoms with Crippen molar-refractivity contribution in [3.8, 4) is 0 Å². The van der Waals surface area contributed by atoms with Gasteiger partial charge >= 0.3 is 5.97 Å². The number of nitro benzene ring substituents is 1. The number of carboxylic acids is 1. The van der Waals surface area contributed by atoms with E-state index in [2.05, 4.69) is 0 Å². The Morgan fingerprint density at radius 2 is 2.06 bits per heavy atom. The molecule has 0 unspecified atom stereocenters. The maximum atomic E-state index is 10.7. The standard InChI is InChI=1S/C9H9NO6S/c11-9(12)7-2-1-6(3-4-17(15)16)8(5-7)10(13)14/h1-2,5,17H,3-4H2,(H,11,12). The normalized spacial score (nSPS) is 10.4. The van der Waals surface area contributed by atoms with E-state index in [0.717, 1.165) is 6.07 Å². The highest BCUT2D eigenvalue weighted by molar-refractivity contribution is 7.72. The van der Waals surface area contributed by atoms with Gasteiger partial charge in [-0.15, -0.1) is 0 Å². The fourth-order valence-electron chi connectivity index (χ4n) is 1.29. The van der Waals surface area contributed by atoms with Gasteiger partial charge in [-0.1, -0.05) is 6.07 Å². The number of hydrogen-bond donors (Lipinski definition) is 2. The van der Waals surface area contributed by atoms with Crippen molar-refractivity contribution in [2.75, 3.05) is 5.75 Å². The van der Waals surface area contributed by atoms with Crippen LogP contribution < -0.4 is 0 Å². The van der Waals surface area contributed by atoms with Crippen molar-refractivity contribution in [2.24, 2.45) is 0 Å². The molecule has 0 radical (unpaired) electrons. The second-order valence-electron chi connectivity index (χ2n) is 3.21. The lowest BCUT2D eigenvalue weighted by molar-refractivity contribution is -0.385. The molecule has 1 N–H and O–H groups in total. The summed E-state index contributed by atoms with van der Waals surface area (Å²) >= 11 is 0. The molecule has 0 atom stereocenters. The summed E-state index contributed by atoms with van der Waals surface area (Å²) in [6, 6.07) is 3.40. The van der Waals surface area contributed by atoms with E-state index >= 15 is 0 Å². The summed E-state index contributed by atoms with van der Waals surface area (Å²) in [6.45, 7) is 0. The van der Waals surface area contributed by atoms with E-state index in [0.29, 0.717) is 0 Å². The van der Waals surface area contributed by atoms with Crippen molar-refractivity contribution in [1.82, 2.24) is 0 Å². The molecule has 0 heterocycles. The van der Waals surface area contributed by atoms with E-state index in [1.807, 2.05) is 0 Å². The molecule has 7 nitrogen and oxygen atoms in total. The van der Waals surface area contributed by atoms with Crippen molar-refractivity contribution in [3.63, 3.8) is 0 Å². The summed E-state index contributed by atoms with van der Waals surface area (Å²) in [4.78, 5) is 20.6. The Morgan fingerprint density at radius 1 is 1.41 bits per heavy atom. The summed E-state index contributed by atoms with van der Waals surface area (Å²) in [6.07, 6.45) is -0.00504. The Hall–Kier alpha value is -1.96. The molecule has 0 aliphatic heterocycles. The maximum absolute atomic E-state index is 10.7. The third kappa shape index (κ3) is 3.52. The van der Waals surface area contributed by atoms with Gasteiger partial charge in [0.05, 0.1) is 16.2 Å². The van der Waals surface area contributed by atoms with Crippen LogP contribution in [-0.2, 0) is 17.1 Å². The molecule has 0 saturated carbocycles. The molecule has 0 spiro atoms. The van der Waals surface area contributed by atoms with Crippen LogP contribution in [0, 0.1) is 10.1 Å². The number of thiol groups is 1. The van der Waals surface area contributed by atoms with Gasteiger partial charge in [-0.25, -0.2) is 13.2 Å². The lowest BCUT2D eigenvalue weighted by Crippen LogP contribution is -2.03. The first-order valence-electron chi connectivity index (χ1n) is 4.54. The van der Waals surface area contributed by atoms with Crippen LogP contribution in [0.5, 0.6) is 0 Å². The van der Waals surface area contributed by atoms with Gasteiger partial charge < -0.3 is 5.11 Å². The van der Waals surface area contributed by atoms with E-state index in [1.165, 1.54) is 12.1 Å². The van der Waals surface area contributed by atoms with Gasteiger partial charge in [0.25, 0.3) is 5.69 Å². The number of aryl methyl sites for hydroxylation is 1. The molecule has 0 aliphatic carbocycles. The number of aromatic carboxylic acids is 1. The molecular formula is C9H9NO6S. The van der Waals surface area contributed by atoms with E-state index in [1.54, 1.807) is 0 Å². The highest BCUT2D eigenvalue weighted by Crippen LogP contribution is 2.21. The largest absolute Gasteiger partial charge is 0.478 e. The number of rotatable bonds is 5. The van der Waals surface area contributed by atoms with E-state index in [4.69, 9.17) is 5.11 Å². The fourth-order valence-corrected chi connectivity index (χ4v) is 1.71. The molecule has 0 amide bonds. The average Bonchev–Trinajstić information content (AvgIpc) is 2.25. The van der Waals surface area contributed by atoms with Crippen LogP contribution in [0.3, 0.4) is 0 Å². The second-order valence-corrected chi connectivity index (χ2v) is 4.32. The Bertz CT molecular complexity index is 528. The minimum absolute atomic E-state index is 0.00504. The lowest BCUT2D eigenvalue weighted by Gasteiger charge is -2.01. The predicted octanol–water partition coefficient (Wildman–Crippen LogP) is 0.447. The minimum atomic E-state index is -2.61. The van der Waals surface area contributed by atoms with Crippen LogP contribution >= 0.6 is 0 Å². The van der Waals surface area contributed by atoms with Gasteiger partial charge in [-0.05, 0) is 12.5 Å². The van der Waals surface area contributed by atoms with Gasteiger partial charge in [-0.3, -0.25) is 10.1 Å². The molecule has 0 saturated heterocycles. The molecule has 1 rings (SSSR count). The van der Waals surface area contributed by atoms with Gasteiger partial charge in [0.2, 0.25) is 0 Å². The molecule has 0 aromatic heterocycles. The first-order chi connectivity index (χ1) is 7.91. The van der Waals surface area contributed by atoms with Gasteiger partial charge in [0.1, 0.15) is 10.7 Å². The lowest BCUT2D eigenvalue weighted by atomic mass is 10.1. The predicted molar refractivity (Wildman–Crippen MR) is 58.9 cm³/mol. The molecule has 1 aromatic rings. The zero-order chi connectivity index (χ0) is 13.0.